The molecule has 2 N–H and O–H groups in total. The first-order valence-electron chi connectivity index (χ1n) is 12.2. The molecule has 1 aliphatic carbocycles. The van der Waals surface area contributed by atoms with Crippen LogP contribution >= 0.6 is 11.6 Å². The summed E-state index contributed by atoms with van der Waals surface area (Å²) in [5, 5.41) is 6.91. The molecule has 2 aromatic heterocycles. The highest BCUT2D eigenvalue weighted by atomic mass is 35.5. The molecular weight excluding hydrogens is 543 g/mol. The van der Waals surface area contributed by atoms with E-state index in [0.29, 0.717) is 49.2 Å². The van der Waals surface area contributed by atoms with Gasteiger partial charge in [-0.2, -0.15) is 13.2 Å². The predicted molar refractivity (Wildman–Crippen MR) is 138 cm³/mol. The highest BCUT2D eigenvalue weighted by Crippen LogP contribution is 2.36. The lowest BCUT2D eigenvalue weighted by atomic mass is 10.1. The second-order valence-electron chi connectivity index (χ2n) is 9.64. The first-order chi connectivity index (χ1) is 18.0. The number of alkyl halides is 3. The molecule has 14 heteroatoms. The monoisotopic (exact) mass is 569 g/mol. The molecule has 3 heterocycles. The molecule has 0 bridgehead atoms. The quantitative estimate of drug-likeness (QED) is 0.421. The molecule has 2 fully saturated rings. The lowest BCUT2D eigenvalue weighted by molar-refractivity contribution is -0.137. The fourth-order valence-corrected chi connectivity index (χ4v) is 5.54. The summed E-state index contributed by atoms with van der Waals surface area (Å²) in [7, 11) is -3.29. The van der Waals surface area contributed by atoms with E-state index in [4.69, 9.17) is 11.6 Å². The zero-order chi connectivity index (χ0) is 27.1. The van der Waals surface area contributed by atoms with Crippen LogP contribution in [-0.2, 0) is 22.7 Å². The molecule has 0 amide bonds. The Kier molecular flexibility index (Phi) is 7.37. The largest absolute Gasteiger partial charge is 0.420 e. The number of halogens is 4. The Bertz CT molecular complexity index is 1420. The van der Waals surface area contributed by atoms with Crippen LogP contribution in [0.5, 0.6) is 0 Å². The minimum Gasteiger partial charge on any atom is -0.351 e. The summed E-state index contributed by atoms with van der Waals surface area (Å²) in [5.74, 6) is 0.0194. The first kappa shape index (κ1) is 26.9. The molecule has 2 aliphatic rings. The van der Waals surface area contributed by atoms with Crippen LogP contribution in [0.3, 0.4) is 0 Å². The summed E-state index contributed by atoms with van der Waals surface area (Å²) in [6.07, 6.45) is 3.36. The van der Waals surface area contributed by atoms with Gasteiger partial charge in [0.05, 0.1) is 17.0 Å². The molecule has 1 saturated heterocycles. The van der Waals surface area contributed by atoms with E-state index in [-0.39, 0.29) is 23.4 Å². The Morgan fingerprint density at radius 3 is 2.47 bits per heavy atom. The Morgan fingerprint density at radius 1 is 1.11 bits per heavy atom. The Hall–Kier alpha value is -2.74. The van der Waals surface area contributed by atoms with Gasteiger partial charge >= 0.3 is 6.18 Å². The molecule has 38 heavy (non-hydrogen) atoms. The van der Waals surface area contributed by atoms with Gasteiger partial charge in [-0.1, -0.05) is 17.7 Å². The summed E-state index contributed by atoms with van der Waals surface area (Å²) >= 11 is 6.49. The van der Waals surface area contributed by atoms with Crippen LogP contribution < -0.4 is 10.6 Å². The van der Waals surface area contributed by atoms with Gasteiger partial charge in [-0.25, -0.2) is 27.7 Å². The van der Waals surface area contributed by atoms with E-state index in [0.717, 1.165) is 18.0 Å². The normalized spacial score (nSPS) is 17.6. The standard InChI is InChI=1S/C24H27ClF3N7O2S/c1-38(36,37)35-8-6-17(7-9-35)32-23-30-12-18(24(26,27)28)22(33-23)20-13-34(14-31-20)21-5-2-15(10-19(21)25)11-29-16-3-4-16/h2,5,10,12-14,16-17,29H,3-4,6-9,11H2,1H3,(H,30,32,33). The number of benzene rings is 1. The van der Waals surface area contributed by atoms with Crippen molar-refractivity contribution in [3.8, 4) is 17.1 Å². The van der Waals surface area contributed by atoms with Gasteiger partial charge in [-0.05, 0) is 43.4 Å². The molecule has 5 rings (SSSR count). The number of sulfonamides is 1. The van der Waals surface area contributed by atoms with Crippen LogP contribution in [0.15, 0.2) is 36.9 Å². The molecule has 0 radical (unpaired) electrons. The van der Waals surface area contributed by atoms with E-state index in [1.54, 1.807) is 10.6 Å². The van der Waals surface area contributed by atoms with Crippen molar-refractivity contribution in [2.75, 3.05) is 24.7 Å². The van der Waals surface area contributed by atoms with E-state index in [1.165, 1.54) is 29.7 Å². The third kappa shape index (κ3) is 6.28. The van der Waals surface area contributed by atoms with E-state index < -0.39 is 21.8 Å². The van der Waals surface area contributed by atoms with Gasteiger partial charge < -0.3 is 15.2 Å². The van der Waals surface area contributed by atoms with E-state index in [2.05, 4.69) is 25.6 Å². The summed E-state index contributed by atoms with van der Waals surface area (Å²) in [5.41, 5.74) is 0.250. The number of rotatable bonds is 8. The van der Waals surface area contributed by atoms with Gasteiger partial charge in [-0.3, -0.25) is 0 Å². The highest BCUT2D eigenvalue weighted by molar-refractivity contribution is 7.88. The number of hydrogen-bond donors (Lipinski definition) is 2. The van der Waals surface area contributed by atoms with Crippen molar-refractivity contribution in [1.29, 1.82) is 0 Å². The van der Waals surface area contributed by atoms with Gasteiger partial charge in [0.25, 0.3) is 0 Å². The maximum Gasteiger partial charge on any atom is 0.420 e. The number of anilines is 1. The minimum absolute atomic E-state index is 0.0187. The topological polar surface area (TPSA) is 105 Å². The number of aromatic nitrogens is 4. The Balaban J connectivity index is 1.37. The van der Waals surface area contributed by atoms with Gasteiger partial charge in [0.2, 0.25) is 16.0 Å². The summed E-state index contributed by atoms with van der Waals surface area (Å²) in [4.78, 5) is 12.2. The molecule has 204 valence electrons. The van der Waals surface area contributed by atoms with Crippen LogP contribution in [-0.4, -0.2) is 63.7 Å². The summed E-state index contributed by atoms with van der Waals surface area (Å²) < 4.78 is 67.9. The van der Waals surface area contributed by atoms with Crippen molar-refractivity contribution < 1.29 is 21.6 Å². The van der Waals surface area contributed by atoms with Crippen LogP contribution in [0.2, 0.25) is 5.02 Å². The maximum atomic E-state index is 13.8. The van der Waals surface area contributed by atoms with Crippen molar-refractivity contribution in [2.45, 2.75) is 50.5 Å². The SMILES string of the molecule is CS(=O)(=O)N1CCC(Nc2ncc(C(F)(F)F)c(-c3cn(-c4ccc(CNC5CC5)cc4Cl)cn3)n2)CC1. The molecule has 0 unspecified atom stereocenters. The zero-order valence-corrected chi connectivity index (χ0v) is 22.1. The van der Waals surface area contributed by atoms with Gasteiger partial charge in [0, 0.05) is 44.1 Å². The molecule has 0 atom stereocenters. The molecule has 1 aromatic carbocycles. The minimum atomic E-state index is -4.69. The van der Waals surface area contributed by atoms with Crippen molar-refractivity contribution >= 4 is 27.6 Å². The van der Waals surface area contributed by atoms with Gasteiger partial charge in [-0.15, -0.1) is 0 Å². The maximum absolute atomic E-state index is 13.8. The molecule has 1 saturated carbocycles. The lowest BCUT2D eigenvalue weighted by Crippen LogP contribution is -2.42. The van der Waals surface area contributed by atoms with Crippen molar-refractivity contribution in [1.82, 2.24) is 29.1 Å². The summed E-state index contributed by atoms with van der Waals surface area (Å²) in [6.45, 7) is 1.31. The number of nitrogens with zero attached hydrogens (tertiary/aromatic N) is 5. The van der Waals surface area contributed by atoms with E-state index >= 15 is 0 Å². The third-order valence-electron chi connectivity index (χ3n) is 6.64. The fourth-order valence-electron chi connectivity index (χ4n) is 4.36. The lowest BCUT2D eigenvalue weighted by Gasteiger charge is -2.30. The predicted octanol–water partition coefficient (Wildman–Crippen LogP) is 4.09. The van der Waals surface area contributed by atoms with Gasteiger partial charge in [0.15, 0.2) is 0 Å². The Morgan fingerprint density at radius 2 is 1.84 bits per heavy atom. The number of nitrogens with one attached hydrogen (secondary N) is 2. The third-order valence-corrected chi connectivity index (χ3v) is 8.24. The number of imidazole rings is 1. The van der Waals surface area contributed by atoms with E-state index in [1.807, 2.05) is 12.1 Å². The number of piperidine rings is 1. The van der Waals surface area contributed by atoms with Gasteiger partial charge in [0.1, 0.15) is 23.3 Å². The zero-order valence-electron chi connectivity index (χ0n) is 20.5. The highest BCUT2D eigenvalue weighted by Gasteiger charge is 2.36. The fraction of sp³-hybridized carbons (Fsp3) is 0.458. The average molecular weight is 570 g/mol. The molecular formula is C24H27ClF3N7O2S. The van der Waals surface area contributed by atoms with Crippen LogP contribution in [0.1, 0.15) is 36.8 Å². The van der Waals surface area contributed by atoms with Crippen LogP contribution in [0.25, 0.3) is 17.1 Å². The first-order valence-corrected chi connectivity index (χ1v) is 14.4. The van der Waals surface area contributed by atoms with Crippen LogP contribution in [0.4, 0.5) is 19.1 Å². The molecule has 9 nitrogen and oxygen atoms in total. The molecule has 1 aliphatic heterocycles. The van der Waals surface area contributed by atoms with Crippen molar-refractivity contribution in [3.05, 3.63) is 53.1 Å². The second kappa shape index (κ2) is 10.4. The van der Waals surface area contributed by atoms with Crippen molar-refractivity contribution in [3.63, 3.8) is 0 Å². The van der Waals surface area contributed by atoms with E-state index in [9.17, 15) is 21.6 Å². The second-order valence-corrected chi connectivity index (χ2v) is 12.0. The van der Waals surface area contributed by atoms with Crippen LogP contribution in [0, 0.1) is 0 Å². The smallest absolute Gasteiger partial charge is 0.351 e. The Labute approximate surface area is 223 Å². The molecule has 0 spiro atoms. The van der Waals surface area contributed by atoms with Crippen molar-refractivity contribution in [2.24, 2.45) is 0 Å². The number of hydrogen-bond acceptors (Lipinski definition) is 7. The molecule has 3 aromatic rings. The summed E-state index contributed by atoms with van der Waals surface area (Å²) in [6, 6.07) is 5.92. The average Bonchev–Trinajstić information content (AvgIpc) is 3.56.